The fraction of sp³-hybridized carbons (Fsp3) is 0.458. The summed E-state index contributed by atoms with van der Waals surface area (Å²) in [5.74, 6) is 0.338. The van der Waals surface area contributed by atoms with Crippen LogP contribution in [0.1, 0.15) is 58.1 Å². The normalized spacial score (nSPS) is 18.1. The number of ether oxygens (including phenoxy) is 1. The van der Waals surface area contributed by atoms with Crippen molar-refractivity contribution in [3.8, 4) is 5.75 Å². The number of para-hydroxylation sites is 1. The van der Waals surface area contributed by atoms with E-state index in [4.69, 9.17) is 27.9 Å². The average Bonchev–Trinajstić information content (AvgIpc) is 2.78. The number of hydrogen-bond acceptors (Lipinski definition) is 4. The summed E-state index contributed by atoms with van der Waals surface area (Å²) < 4.78 is 33.0. The van der Waals surface area contributed by atoms with E-state index in [1.165, 1.54) is 12.1 Å². The van der Waals surface area contributed by atoms with E-state index in [9.17, 15) is 13.2 Å². The van der Waals surface area contributed by atoms with Crippen LogP contribution in [0.4, 0.5) is 5.69 Å². The van der Waals surface area contributed by atoms with Crippen LogP contribution in [0.25, 0.3) is 0 Å². The topological polar surface area (TPSA) is 75.7 Å². The predicted octanol–water partition coefficient (Wildman–Crippen LogP) is 5.74. The van der Waals surface area contributed by atoms with E-state index >= 15 is 0 Å². The van der Waals surface area contributed by atoms with Gasteiger partial charge in [0.15, 0.2) is 0 Å². The summed E-state index contributed by atoms with van der Waals surface area (Å²) in [5.41, 5.74) is 0.656. The van der Waals surface area contributed by atoms with Crippen LogP contribution in [0.15, 0.2) is 42.5 Å². The highest BCUT2D eigenvalue weighted by Gasteiger charge is 2.41. The maximum atomic E-state index is 13.6. The van der Waals surface area contributed by atoms with Crippen LogP contribution >= 0.6 is 23.2 Å². The lowest BCUT2D eigenvalue weighted by Crippen LogP contribution is -2.52. The van der Waals surface area contributed by atoms with Crippen molar-refractivity contribution in [3.63, 3.8) is 0 Å². The number of halogens is 2. The molecule has 2 aromatic carbocycles. The minimum Gasteiger partial charge on any atom is -0.487 e. The molecule has 1 aliphatic heterocycles. The molecule has 9 heteroatoms. The van der Waals surface area contributed by atoms with Gasteiger partial charge in [-0.05, 0) is 43.5 Å². The molecule has 0 aliphatic carbocycles. The summed E-state index contributed by atoms with van der Waals surface area (Å²) in [6.07, 6.45) is 3.47. The summed E-state index contributed by atoms with van der Waals surface area (Å²) in [6, 6.07) is 10.9. The molecule has 180 valence electrons. The van der Waals surface area contributed by atoms with Gasteiger partial charge >= 0.3 is 0 Å². The lowest BCUT2D eigenvalue weighted by atomic mass is 9.83. The Morgan fingerprint density at radius 3 is 2.45 bits per heavy atom. The summed E-state index contributed by atoms with van der Waals surface area (Å²) in [5, 5.41) is 3.63. The van der Waals surface area contributed by atoms with Crippen molar-refractivity contribution in [3.05, 3.63) is 58.1 Å². The van der Waals surface area contributed by atoms with E-state index in [1.807, 2.05) is 24.3 Å². The van der Waals surface area contributed by atoms with Gasteiger partial charge in [0.2, 0.25) is 15.9 Å². The number of fused-ring (bicyclic) bond motifs is 1. The standard InChI is InChI=1S/C24H30Cl2N2O4S/c1-5-20(28(33(4,30)31)21-14-16(25)12-13-18(21)26)23(29)27-19-15-24(6-2,7-3)32-22-11-9-8-10-17(19)22/h8-14,19-20H,5-7,15H2,1-4H3,(H,27,29)/t19-,20+/m0/s1. The number of benzene rings is 2. The maximum absolute atomic E-state index is 13.6. The van der Waals surface area contributed by atoms with Crippen molar-refractivity contribution in [2.24, 2.45) is 0 Å². The Balaban J connectivity index is 1.99. The first-order chi connectivity index (χ1) is 15.5. The van der Waals surface area contributed by atoms with Gasteiger partial charge in [0.05, 0.1) is 23.0 Å². The quantitative estimate of drug-likeness (QED) is 0.489. The smallest absolute Gasteiger partial charge is 0.244 e. The maximum Gasteiger partial charge on any atom is 0.244 e. The van der Waals surface area contributed by atoms with E-state index in [2.05, 4.69) is 19.2 Å². The lowest BCUT2D eigenvalue weighted by molar-refractivity contribution is -0.123. The van der Waals surface area contributed by atoms with E-state index < -0.39 is 27.6 Å². The number of anilines is 1. The molecule has 2 aromatic rings. The van der Waals surface area contributed by atoms with Gasteiger partial charge in [-0.15, -0.1) is 0 Å². The van der Waals surface area contributed by atoms with Gasteiger partial charge in [-0.2, -0.15) is 0 Å². The van der Waals surface area contributed by atoms with Gasteiger partial charge in [0.25, 0.3) is 0 Å². The first kappa shape index (κ1) is 25.7. The molecule has 1 N–H and O–H groups in total. The highest BCUT2D eigenvalue weighted by atomic mass is 35.5. The van der Waals surface area contributed by atoms with Gasteiger partial charge in [0, 0.05) is 17.0 Å². The molecule has 33 heavy (non-hydrogen) atoms. The SMILES string of the molecule is CC[C@H](C(=O)N[C@H]1CC(CC)(CC)Oc2ccccc21)N(c1cc(Cl)ccc1Cl)S(C)(=O)=O. The Hall–Kier alpha value is -1.96. The lowest BCUT2D eigenvalue weighted by Gasteiger charge is -2.42. The van der Waals surface area contributed by atoms with Gasteiger partial charge in [-0.1, -0.05) is 62.2 Å². The molecular formula is C24H30Cl2N2O4S. The van der Waals surface area contributed by atoms with Crippen molar-refractivity contribution >= 4 is 44.8 Å². The number of sulfonamides is 1. The first-order valence-electron chi connectivity index (χ1n) is 11.1. The number of rotatable bonds is 8. The zero-order valence-electron chi connectivity index (χ0n) is 19.3. The Morgan fingerprint density at radius 1 is 1.18 bits per heavy atom. The minimum atomic E-state index is -3.84. The third-order valence-corrected chi connectivity index (χ3v) is 8.00. The monoisotopic (exact) mass is 512 g/mol. The van der Waals surface area contributed by atoms with E-state index in [0.717, 1.165) is 34.7 Å². The first-order valence-corrected chi connectivity index (χ1v) is 13.7. The van der Waals surface area contributed by atoms with Crippen LogP contribution in [0, 0.1) is 0 Å². The van der Waals surface area contributed by atoms with Gasteiger partial charge in [-0.3, -0.25) is 9.10 Å². The summed E-state index contributed by atoms with van der Waals surface area (Å²) >= 11 is 12.4. The molecule has 0 bridgehead atoms. The van der Waals surface area contributed by atoms with Crippen molar-refractivity contribution in [1.29, 1.82) is 0 Å². The van der Waals surface area contributed by atoms with Crippen LogP contribution < -0.4 is 14.4 Å². The number of nitrogens with zero attached hydrogens (tertiary/aromatic N) is 1. The highest BCUT2D eigenvalue weighted by molar-refractivity contribution is 7.92. The van der Waals surface area contributed by atoms with Crippen LogP contribution in [0.3, 0.4) is 0 Å². The van der Waals surface area contributed by atoms with Crippen LogP contribution in [-0.4, -0.2) is 32.2 Å². The molecule has 0 saturated heterocycles. The molecule has 0 aromatic heterocycles. The molecule has 0 unspecified atom stereocenters. The minimum absolute atomic E-state index is 0.178. The van der Waals surface area contributed by atoms with Crippen LogP contribution in [0.2, 0.25) is 10.0 Å². The molecule has 1 aliphatic rings. The van der Waals surface area contributed by atoms with Crippen molar-refractivity contribution < 1.29 is 17.9 Å². The fourth-order valence-corrected chi connectivity index (χ4v) is 6.03. The number of carbonyl (C=O) groups is 1. The second-order valence-electron chi connectivity index (χ2n) is 8.37. The van der Waals surface area contributed by atoms with Crippen LogP contribution in [0.5, 0.6) is 5.75 Å². The molecule has 6 nitrogen and oxygen atoms in total. The zero-order valence-corrected chi connectivity index (χ0v) is 21.6. The van der Waals surface area contributed by atoms with E-state index in [1.54, 1.807) is 13.0 Å². The van der Waals surface area contributed by atoms with Gasteiger partial charge in [-0.25, -0.2) is 8.42 Å². The molecule has 0 radical (unpaired) electrons. The van der Waals surface area contributed by atoms with Crippen molar-refractivity contribution in [1.82, 2.24) is 5.32 Å². The summed E-state index contributed by atoms with van der Waals surface area (Å²) in [6.45, 7) is 5.90. The van der Waals surface area contributed by atoms with Crippen molar-refractivity contribution in [2.75, 3.05) is 10.6 Å². The third-order valence-electron chi connectivity index (χ3n) is 6.28. The third kappa shape index (κ3) is 5.42. The Morgan fingerprint density at radius 2 is 1.85 bits per heavy atom. The number of nitrogens with one attached hydrogen (secondary N) is 1. The highest BCUT2D eigenvalue weighted by Crippen LogP contribution is 2.43. The Labute approximate surface area is 206 Å². The molecule has 1 heterocycles. The Bertz CT molecular complexity index is 1120. The molecule has 1 amide bonds. The summed E-state index contributed by atoms with van der Waals surface area (Å²) in [7, 11) is -3.84. The predicted molar refractivity (Wildman–Crippen MR) is 134 cm³/mol. The van der Waals surface area contributed by atoms with Gasteiger partial charge < -0.3 is 10.1 Å². The molecular weight excluding hydrogens is 483 g/mol. The number of amides is 1. The summed E-state index contributed by atoms with van der Waals surface area (Å²) in [4.78, 5) is 13.6. The second-order valence-corrected chi connectivity index (χ2v) is 11.1. The van der Waals surface area contributed by atoms with Gasteiger partial charge in [0.1, 0.15) is 17.4 Å². The zero-order chi connectivity index (χ0) is 24.4. The number of hydrogen-bond donors (Lipinski definition) is 1. The number of carbonyl (C=O) groups excluding carboxylic acids is 1. The molecule has 3 rings (SSSR count). The molecule has 0 fully saturated rings. The Kier molecular flexibility index (Phi) is 7.87. The largest absolute Gasteiger partial charge is 0.487 e. The fourth-order valence-electron chi connectivity index (χ4n) is 4.39. The average molecular weight is 513 g/mol. The molecule has 2 atom stereocenters. The van der Waals surface area contributed by atoms with Crippen molar-refractivity contribution in [2.45, 2.75) is 64.1 Å². The van der Waals surface area contributed by atoms with Crippen LogP contribution in [-0.2, 0) is 14.8 Å². The molecule has 0 saturated carbocycles. The van der Waals surface area contributed by atoms with E-state index in [0.29, 0.717) is 11.4 Å². The molecule has 0 spiro atoms. The second kappa shape index (κ2) is 10.1. The van der Waals surface area contributed by atoms with E-state index in [-0.39, 0.29) is 23.2 Å².